The molecule has 0 aliphatic rings. The number of rotatable bonds is 6. The number of nitrogens with zero attached hydrogens (tertiary/aromatic N) is 1. The van der Waals surface area contributed by atoms with Crippen molar-refractivity contribution in [2.75, 3.05) is 18.7 Å². The van der Waals surface area contributed by atoms with E-state index < -0.39 is 9.84 Å². The molecule has 0 saturated heterocycles. The molecule has 1 heterocycles. The van der Waals surface area contributed by atoms with Gasteiger partial charge in [0.1, 0.15) is 12.3 Å². The first-order chi connectivity index (χ1) is 12.3. The highest BCUT2D eigenvalue weighted by molar-refractivity contribution is 7.89. The molecule has 1 aromatic heterocycles. The number of fused-ring (bicyclic) bond motifs is 1. The molecular weight excluding hydrogens is 352 g/mol. The molecule has 0 spiro atoms. The van der Waals surface area contributed by atoms with Crippen LogP contribution in [0.1, 0.15) is 5.56 Å². The summed E-state index contributed by atoms with van der Waals surface area (Å²) in [6, 6.07) is 14.5. The maximum atomic E-state index is 12.4. The van der Waals surface area contributed by atoms with E-state index in [-0.39, 0.29) is 18.2 Å². The Morgan fingerprint density at radius 3 is 2.69 bits per heavy atom. The van der Waals surface area contributed by atoms with Crippen LogP contribution in [0.2, 0.25) is 0 Å². The zero-order valence-corrected chi connectivity index (χ0v) is 15.4. The van der Waals surface area contributed by atoms with Crippen molar-refractivity contribution < 1.29 is 17.9 Å². The molecule has 1 amide bonds. The Balaban J connectivity index is 1.72. The zero-order valence-electron chi connectivity index (χ0n) is 14.6. The molecular formula is C19H20N2O4S. The lowest BCUT2D eigenvalue weighted by Gasteiger charge is -2.09. The molecule has 3 rings (SSSR count). The van der Waals surface area contributed by atoms with Gasteiger partial charge < -0.3 is 14.6 Å². The Labute approximate surface area is 152 Å². The van der Waals surface area contributed by atoms with Gasteiger partial charge in [0, 0.05) is 29.0 Å². The molecule has 0 saturated carbocycles. The number of hydrogen-bond acceptors (Lipinski definition) is 4. The van der Waals surface area contributed by atoms with Crippen molar-refractivity contribution in [2.45, 2.75) is 12.3 Å². The molecule has 0 atom stereocenters. The molecule has 0 radical (unpaired) electrons. The van der Waals surface area contributed by atoms with Crippen LogP contribution in [0.3, 0.4) is 0 Å². The number of carbonyl (C=O) groups excluding carboxylic acids is 1. The minimum absolute atomic E-state index is 0.0548. The van der Waals surface area contributed by atoms with Gasteiger partial charge in [0.2, 0.25) is 5.91 Å². The van der Waals surface area contributed by atoms with Crippen molar-refractivity contribution in [1.29, 1.82) is 0 Å². The smallest absolute Gasteiger partial charge is 0.244 e. The van der Waals surface area contributed by atoms with Gasteiger partial charge in [0.15, 0.2) is 9.84 Å². The van der Waals surface area contributed by atoms with Crippen LogP contribution in [-0.2, 0) is 26.9 Å². The van der Waals surface area contributed by atoms with E-state index in [0.717, 1.165) is 16.7 Å². The van der Waals surface area contributed by atoms with E-state index in [1.54, 1.807) is 31.4 Å². The molecule has 6 nitrogen and oxygen atoms in total. The zero-order chi connectivity index (χ0) is 18.7. The summed E-state index contributed by atoms with van der Waals surface area (Å²) in [6.45, 7) is 0.159. The van der Waals surface area contributed by atoms with Crippen LogP contribution in [-0.4, -0.2) is 32.3 Å². The Kier molecular flexibility index (Phi) is 4.99. The van der Waals surface area contributed by atoms with Crippen LogP contribution >= 0.6 is 0 Å². The fourth-order valence-corrected chi connectivity index (χ4v) is 3.62. The monoisotopic (exact) mass is 372 g/mol. The fraction of sp³-hybridized carbons (Fsp3) is 0.211. The Morgan fingerprint density at radius 1 is 1.15 bits per heavy atom. The SMILES string of the molecule is COc1ccc2c(ccn2CC(=O)Nc2cccc(CS(C)(=O)=O)c2)c1. The average molecular weight is 372 g/mol. The number of sulfone groups is 1. The van der Waals surface area contributed by atoms with E-state index in [4.69, 9.17) is 4.74 Å². The predicted molar refractivity (Wildman–Crippen MR) is 102 cm³/mol. The molecule has 136 valence electrons. The third kappa shape index (κ3) is 4.43. The summed E-state index contributed by atoms with van der Waals surface area (Å²) in [5.74, 6) is 0.526. The summed E-state index contributed by atoms with van der Waals surface area (Å²) in [5.41, 5.74) is 2.16. The summed E-state index contributed by atoms with van der Waals surface area (Å²) >= 11 is 0. The van der Waals surface area contributed by atoms with Gasteiger partial charge in [-0.1, -0.05) is 12.1 Å². The molecule has 1 N–H and O–H groups in total. The molecule has 3 aromatic rings. The number of carbonyl (C=O) groups is 1. The Morgan fingerprint density at radius 2 is 1.96 bits per heavy atom. The van der Waals surface area contributed by atoms with Crippen LogP contribution < -0.4 is 10.1 Å². The van der Waals surface area contributed by atoms with E-state index in [1.165, 1.54) is 6.26 Å². The molecule has 0 aliphatic heterocycles. The lowest BCUT2D eigenvalue weighted by Crippen LogP contribution is -2.18. The number of benzene rings is 2. The van der Waals surface area contributed by atoms with Crippen molar-refractivity contribution in [3.8, 4) is 5.75 Å². The van der Waals surface area contributed by atoms with E-state index in [0.29, 0.717) is 11.3 Å². The molecule has 2 aromatic carbocycles. The van der Waals surface area contributed by atoms with Gasteiger partial charge >= 0.3 is 0 Å². The topological polar surface area (TPSA) is 77.4 Å². The second-order valence-electron chi connectivity index (χ2n) is 6.19. The number of ether oxygens (including phenoxy) is 1. The normalized spacial score (nSPS) is 11.5. The number of nitrogens with one attached hydrogen (secondary N) is 1. The van der Waals surface area contributed by atoms with Gasteiger partial charge in [0.05, 0.1) is 12.9 Å². The summed E-state index contributed by atoms with van der Waals surface area (Å²) in [4.78, 5) is 12.4. The lowest BCUT2D eigenvalue weighted by atomic mass is 10.2. The Bertz CT molecular complexity index is 1050. The van der Waals surface area contributed by atoms with E-state index in [2.05, 4.69) is 5.32 Å². The van der Waals surface area contributed by atoms with Gasteiger partial charge in [-0.15, -0.1) is 0 Å². The fourth-order valence-electron chi connectivity index (χ4n) is 2.84. The number of aromatic nitrogens is 1. The highest BCUT2D eigenvalue weighted by Gasteiger charge is 2.09. The third-order valence-electron chi connectivity index (χ3n) is 3.93. The van der Waals surface area contributed by atoms with Crippen LogP contribution in [0.4, 0.5) is 5.69 Å². The van der Waals surface area contributed by atoms with Crippen molar-refractivity contribution in [3.05, 3.63) is 60.3 Å². The van der Waals surface area contributed by atoms with Crippen molar-refractivity contribution >= 4 is 32.3 Å². The van der Waals surface area contributed by atoms with E-state index in [9.17, 15) is 13.2 Å². The highest BCUT2D eigenvalue weighted by atomic mass is 32.2. The number of methoxy groups -OCH3 is 1. The lowest BCUT2D eigenvalue weighted by molar-refractivity contribution is -0.116. The van der Waals surface area contributed by atoms with Crippen molar-refractivity contribution in [2.24, 2.45) is 0 Å². The Hall–Kier alpha value is -2.80. The quantitative estimate of drug-likeness (QED) is 0.722. The minimum Gasteiger partial charge on any atom is -0.497 e. The second kappa shape index (κ2) is 7.21. The maximum Gasteiger partial charge on any atom is 0.244 e. The number of anilines is 1. The van der Waals surface area contributed by atoms with Crippen LogP contribution in [0.25, 0.3) is 10.9 Å². The molecule has 26 heavy (non-hydrogen) atoms. The third-order valence-corrected chi connectivity index (χ3v) is 4.79. The van der Waals surface area contributed by atoms with Crippen molar-refractivity contribution in [1.82, 2.24) is 4.57 Å². The second-order valence-corrected chi connectivity index (χ2v) is 8.33. The van der Waals surface area contributed by atoms with Gasteiger partial charge in [0.25, 0.3) is 0 Å². The maximum absolute atomic E-state index is 12.4. The van der Waals surface area contributed by atoms with E-state index in [1.807, 2.05) is 35.0 Å². The van der Waals surface area contributed by atoms with Crippen LogP contribution in [0.15, 0.2) is 54.7 Å². The molecule has 7 heteroatoms. The first kappa shape index (κ1) is 18.0. The van der Waals surface area contributed by atoms with Gasteiger partial charge in [-0.25, -0.2) is 8.42 Å². The highest BCUT2D eigenvalue weighted by Crippen LogP contribution is 2.22. The van der Waals surface area contributed by atoms with Crippen LogP contribution in [0, 0.1) is 0 Å². The molecule has 0 fully saturated rings. The summed E-state index contributed by atoms with van der Waals surface area (Å²) in [5, 5.41) is 3.81. The predicted octanol–water partition coefficient (Wildman–Crippen LogP) is 2.83. The largest absolute Gasteiger partial charge is 0.497 e. The van der Waals surface area contributed by atoms with Crippen molar-refractivity contribution in [3.63, 3.8) is 0 Å². The van der Waals surface area contributed by atoms with Crippen LogP contribution in [0.5, 0.6) is 5.75 Å². The first-order valence-corrected chi connectivity index (χ1v) is 10.1. The van der Waals surface area contributed by atoms with Gasteiger partial charge in [-0.05, 0) is 42.0 Å². The summed E-state index contributed by atoms with van der Waals surface area (Å²) < 4.78 is 29.9. The molecule has 0 aliphatic carbocycles. The number of amides is 1. The van der Waals surface area contributed by atoms with Gasteiger partial charge in [-0.3, -0.25) is 4.79 Å². The minimum atomic E-state index is -3.12. The molecule has 0 unspecified atom stereocenters. The molecule has 0 bridgehead atoms. The summed E-state index contributed by atoms with van der Waals surface area (Å²) in [7, 11) is -1.51. The number of hydrogen-bond donors (Lipinski definition) is 1. The first-order valence-electron chi connectivity index (χ1n) is 8.03. The standard InChI is InChI=1S/C19H20N2O4S/c1-25-17-6-7-18-15(11-17)8-9-21(18)12-19(22)20-16-5-3-4-14(10-16)13-26(2,23)24/h3-11H,12-13H2,1-2H3,(H,20,22). The van der Waals surface area contributed by atoms with E-state index >= 15 is 0 Å². The average Bonchev–Trinajstić information content (AvgIpc) is 2.95. The summed E-state index contributed by atoms with van der Waals surface area (Å²) in [6.07, 6.45) is 3.04. The van der Waals surface area contributed by atoms with Gasteiger partial charge in [-0.2, -0.15) is 0 Å².